The lowest BCUT2D eigenvalue weighted by Gasteiger charge is -2.00. The number of nitrogens with one attached hydrogen (secondary N) is 2. The Bertz CT molecular complexity index is 543. The van der Waals surface area contributed by atoms with Crippen LogP contribution in [0.1, 0.15) is 11.3 Å². The highest BCUT2D eigenvalue weighted by molar-refractivity contribution is 5.90. The molecular formula is C12H14N2O2. The molecule has 3 N–H and O–H groups in total. The van der Waals surface area contributed by atoms with E-state index in [4.69, 9.17) is 0 Å². The zero-order valence-corrected chi connectivity index (χ0v) is 9.29. The predicted octanol–water partition coefficient (Wildman–Crippen LogP) is 1.47. The van der Waals surface area contributed by atoms with Gasteiger partial charge in [-0.25, -0.2) is 0 Å². The fourth-order valence-electron chi connectivity index (χ4n) is 1.85. The molecule has 1 amide bonds. The lowest BCUT2D eigenvalue weighted by molar-refractivity contribution is -0.119. The van der Waals surface area contributed by atoms with Crippen molar-refractivity contribution in [2.24, 2.45) is 0 Å². The van der Waals surface area contributed by atoms with Gasteiger partial charge in [0.05, 0.1) is 6.42 Å². The molecule has 0 aliphatic heterocycles. The monoisotopic (exact) mass is 218 g/mol. The first-order chi connectivity index (χ1) is 7.61. The predicted molar refractivity (Wildman–Crippen MR) is 62.5 cm³/mol. The highest BCUT2D eigenvalue weighted by Gasteiger charge is 2.11. The number of phenols is 1. The summed E-state index contributed by atoms with van der Waals surface area (Å²) in [5.74, 6) is 0.178. The van der Waals surface area contributed by atoms with Gasteiger partial charge in [0.1, 0.15) is 5.75 Å². The van der Waals surface area contributed by atoms with E-state index in [2.05, 4.69) is 10.3 Å². The molecule has 0 aliphatic rings. The van der Waals surface area contributed by atoms with E-state index in [9.17, 15) is 9.90 Å². The largest absolute Gasteiger partial charge is 0.508 e. The quantitative estimate of drug-likeness (QED) is 0.714. The molecule has 0 saturated heterocycles. The van der Waals surface area contributed by atoms with Crippen LogP contribution in [0.25, 0.3) is 10.9 Å². The fourth-order valence-corrected chi connectivity index (χ4v) is 1.85. The van der Waals surface area contributed by atoms with E-state index in [0.717, 1.165) is 22.2 Å². The summed E-state index contributed by atoms with van der Waals surface area (Å²) < 4.78 is 0. The van der Waals surface area contributed by atoms with Gasteiger partial charge in [-0.15, -0.1) is 0 Å². The minimum Gasteiger partial charge on any atom is -0.508 e. The zero-order valence-electron chi connectivity index (χ0n) is 9.29. The van der Waals surface area contributed by atoms with Gasteiger partial charge in [0, 0.05) is 23.6 Å². The number of aromatic amines is 1. The van der Waals surface area contributed by atoms with E-state index < -0.39 is 0 Å². The van der Waals surface area contributed by atoms with Crippen LogP contribution >= 0.6 is 0 Å². The molecular weight excluding hydrogens is 204 g/mol. The van der Waals surface area contributed by atoms with E-state index in [-0.39, 0.29) is 11.7 Å². The fraction of sp³-hybridized carbons (Fsp3) is 0.250. The molecule has 84 valence electrons. The first kappa shape index (κ1) is 10.5. The average Bonchev–Trinajstić information content (AvgIpc) is 2.55. The Balaban J connectivity index is 2.54. The number of carbonyl (C=O) groups is 1. The molecule has 0 fully saturated rings. The van der Waals surface area contributed by atoms with Gasteiger partial charge in [0.25, 0.3) is 0 Å². The molecule has 0 unspecified atom stereocenters. The Morgan fingerprint density at radius 1 is 1.50 bits per heavy atom. The van der Waals surface area contributed by atoms with Crippen LogP contribution in [0.5, 0.6) is 5.75 Å². The lowest BCUT2D eigenvalue weighted by Crippen LogP contribution is -2.20. The molecule has 1 heterocycles. The number of hydrogen-bond acceptors (Lipinski definition) is 2. The SMILES string of the molecule is CNC(=O)Cc1c(C)[nH]c2ccc(O)cc12. The lowest BCUT2D eigenvalue weighted by atomic mass is 10.1. The first-order valence-corrected chi connectivity index (χ1v) is 5.12. The Kier molecular flexibility index (Phi) is 2.56. The van der Waals surface area contributed by atoms with Crippen molar-refractivity contribution in [2.45, 2.75) is 13.3 Å². The van der Waals surface area contributed by atoms with Crippen molar-refractivity contribution in [3.63, 3.8) is 0 Å². The zero-order chi connectivity index (χ0) is 11.7. The van der Waals surface area contributed by atoms with E-state index in [1.54, 1.807) is 19.2 Å². The number of benzene rings is 1. The molecule has 0 spiro atoms. The molecule has 0 radical (unpaired) electrons. The Morgan fingerprint density at radius 3 is 2.94 bits per heavy atom. The second kappa shape index (κ2) is 3.89. The van der Waals surface area contributed by atoms with Gasteiger partial charge in [0.15, 0.2) is 0 Å². The topological polar surface area (TPSA) is 65.1 Å². The van der Waals surface area contributed by atoms with Gasteiger partial charge in [-0.05, 0) is 30.7 Å². The van der Waals surface area contributed by atoms with Gasteiger partial charge in [-0.1, -0.05) is 0 Å². The number of carbonyl (C=O) groups excluding carboxylic acids is 1. The average molecular weight is 218 g/mol. The van der Waals surface area contributed by atoms with Gasteiger partial charge < -0.3 is 15.4 Å². The number of likely N-dealkylation sites (N-methyl/N-ethyl adjacent to an activating group) is 1. The minimum atomic E-state index is -0.0349. The number of H-pyrrole nitrogens is 1. The summed E-state index contributed by atoms with van der Waals surface area (Å²) in [4.78, 5) is 14.6. The third-order valence-corrected chi connectivity index (χ3v) is 2.72. The maximum Gasteiger partial charge on any atom is 0.224 e. The summed E-state index contributed by atoms with van der Waals surface area (Å²) in [5.41, 5.74) is 2.84. The summed E-state index contributed by atoms with van der Waals surface area (Å²) in [6.07, 6.45) is 0.325. The molecule has 2 rings (SSSR count). The number of phenolic OH excluding ortho intramolecular Hbond substituents is 1. The number of rotatable bonds is 2. The molecule has 1 aromatic heterocycles. The summed E-state index contributed by atoms with van der Waals surface area (Å²) in [6, 6.07) is 5.12. The smallest absolute Gasteiger partial charge is 0.224 e. The van der Waals surface area contributed by atoms with Crippen molar-refractivity contribution in [1.29, 1.82) is 0 Å². The Labute approximate surface area is 93.3 Å². The van der Waals surface area contributed by atoms with Crippen LogP contribution in [0.2, 0.25) is 0 Å². The first-order valence-electron chi connectivity index (χ1n) is 5.12. The molecule has 0 bridgehead atoms. The van der Waals surface area contributed by atoms with Crippen LogP contribution in [-0.4, -0.2) is 23.0 Å². The molecule has 1 aromatic carbocycles. The van der Waals surface area contributed by atoms with Gasteiger partial charge >= 0.3 is 0 Å². The minimum absolute atomic E-state index is 0.0349. The maximum absolute atomic E-state index is 11.4. The van der Waals surface area contributed by atoms with Crippen LogP contribution in [0.4, 0.5) is 0 Å². The third kappa shape index (κ3) is 1.74. The molecule has 2 aromatic rings. The molecule has 0 atom stereocenters. The maximum atomic E-state index is 11.4. The van der Waals surface area contributed by atoms with Crippen LogP contribution < -0.4 is 5.32 Å². The second-order valence-corrected chi connectivity index (χ2v) is 3.81. The van der Waals surface area contributed by atoms with Gasteiger partial charge in [-0.3, -0.25) is 4.79 Å². The van der Waals surface area contributed by atoms with Crippen molar-refractivity contribution in [2.75, 3.05) is 7.05 Å². The molecule has 16 heavy (non-hydrogen) atoms. The van der Waals surface area contributed by atoms with E-state index in [1.165, 1.54) is 0 Å². The van der Waals surface area contributed by atoms with Crippen molar-refractivity contribution in [3.05, 3.63) is 29.5 Å². The normalized spacial score (nSPS) is 10.6. The van der Waals surface area contributed by atoms with E-state index in [1.807, 2.05) is 13.0 Å². The van der Waals surface area contributed by atoms with E-state index in [0.29, 0.717) is 6.42 Å². The summed E-state index contributed by atoms with van der Waals surface area (Å²) in [5, 5.41) is 12.9. The Morgan fingerprint density at radius 2 is 2.25 bits per heavy atom. The number of hydrogen-bond donors (Lipinski definition) is 3. The summed E-state index contributed by atoms with van der Waals surface area (Å²) in [7, 11) is 1.62. The van der Waals surface area contributed by atoms with Gasteiger partial charge in [-0.2, -0.15) is 0 Å². The number of aryl methyl sites for hydroxylation is 1. The van der Waals surface area contributed by atoms with Crippen LogP contribution in [0.3, 0.4) is 0 Å². The van der Waals surface area contributed by atoms with Crippen molar-refractivity contribution >= 4 is 16.8 Å². The number of aromatic nitrogens is 1. The van der Waals surface area contributed by atoms with Gasteiger partial charge in [0.2, 0.25) is 5.91 Å². The van der Waals surface area contributed by atoms with Crippen molar-refractivity contribution < 1.29 is 9.90 Å². The highest BCUT2D eigenvalue weighted by Crippen LogP contribution is 2.26. The number of aromatic hydroxyl groups is 1. The molecule has 0 saturated carbocycles. The standard InChI is InChI=1S/C12H14N2O2/c1-7-9(6-12(16)13-2)10-5-8(15)3-4-11(10)14-7/h3-5,14-15H,6H2,1-2H3,(H,13,16). The summed E-state index contributed by atoms with van der Waals surface area (Å²) in [6.45, 7) is 1.93. The van der Waals surface area contributed by atoms with Crippen LogP contribution in [-0.2, 0) is 11.2 Å². The molecule has 0 aliphatic carbocycles. The number of amides is 1. The molecule has 4 nitrogen and oxygen atoms in total. The molecule has 4 heteroatoms. The second-order valence-electron chi connectivity index (χ2n) is 3.81. The highest BCUT2D eigenvalue weighted by atomic mass is 16.3. The van der Waals surface area contributed by atoms with E-state index >= 15 is 0 Å². The van der Waals surface area contributed by atoms with Crippen LogP contribution in [0, 0.1) is 6.92 Å². The third-order valence-electron chi connectivity index (χ3n) is 2.72. The van der Waals surface area contributed by atoms with Crippen LogP contribution in [0.15, 0.2) is 18.2 Å². The summed E-state index contributed by atoms with van der Waals surface area (Å²) >= 11 is 0. The van der Waals surface area contributed by atoms with Crippen molar-refractivity contribution in [3.8, 4) is 5.75 Å². The van der Waals surface area contributed by atoms with Crippen molar-refractivity contribution in [1.82, 2.24) is 10.3 Å². The Hall–Kier alpha value is -1.97. The number of fused-ring (bicyclic) bond motifs is 1.